The van der Waals surface area contributed by atoms with Crippen LogP contribution in [0.1, 0.15) is 23.2 Å². The van der Waals surface area contributed by atoms with E-state index in [1.807, 2.05) is 30.3 Å². The molecule has 10 heteroatoms. The number of piperazine rings is 1. The first-order valence-electron chi connectivity index (χ1n) is 10.9. The minimum Gasteiger partial charge on any atom is -0.452 e. The van der Waals surface area contributed by atoms with Gasteiger partial charge in [0.15, 0.2) is 6.61 Å². The van der Waals surface area contributed by atoms with Crippen LogP contribution < -0.4 is 4.90 Å². The molecule has 2 heterocycles. The molecule has 0 radical (unpaired) electrons. The fourth-order valence-corrected chi connectivity index (χ4v) is 5.70. The number of nitrogens with zero attached hydrogens (tertiary/aromatic N) is 3. The molecule has 8 nitrogen and oxygen atoms in total. The molecular weight excluding hydrogens is 466 g/mol. The Balaban J connectivity index is 1.42. The summed E-state index contributed by atoms with van der Waals surface area (Å²) in [5, 5.41) is 0.0708. The smallest absolute Gasteiger partial charge is 0.340 e. The molecule has 0 aromatic heterocycles. The first-order chi connectivity index (χ1) is 15.9. The van der Waals surface area contributed by atoms with Crippen molar-refractivity contribution >= 4 is 39.2 Å². The molecule has 33 heavy (non-hydrogen) atoms. The second-order valence-electron chi connectivity index (χ2n) is 8.03. The number of ether oxygens (including phenoxy) is 1. The van der Waals surface area contributed by atoms with Gasteiger partial charge in [-0.15, -0.1) is 0 Å². The fraction of sp³-hybridized carbons (Fsp3) is 0.391. The highest BCUT2D eigenvalue weighted by Gasteiger charge is 2.30. The van der Waals surface area contributed by atoms with E-state index in [0.29, 0.717) is 39.3 Å². The highest BCUT2D eigenvalue weighted by molar-refractivity contribution is 7.89. The zero-order chi connectivity index (χ0) is 23.4. The van der Waals surface area contributed by atoms with Crippen molar-refractivity contribution in [3.05, 3.63) is 59.1 Å². The number of halogens is 1. The van der Waals surface area contributed by atoms with E-state index in [1.165, 1.54) is 22.5 Å². The molecule has 0 spiro atoms. The van der Waals surface area contributed by atoms with E-state index >= 15 is 0 Å². The lowest BCUT2D eigenvalue weighted by Crippen LogP contribution is -2.48. The van der Waals surface area contributed by atoms with E-state index in [1.54, 1.807) is 4.90 Å². The van der Waals surface area contributed by atoms with Gasteiger partial charge in [-0.3, -0.25) is 4.79 Å². The van der Waals surface area contributed by atoms with Crippen molar-refractivity contribution in [2.45, 2.75) is 17.7 Å². The van der Waals surface area contributed by atoms with Crippen LogP contribution in [0.15, 0.2) is 53.4 Å². The van der Waals surface area contributed by atoms with Crippen molar-refractivity contribution in [2.24, 2.45) is 0 Å². The van der Waals surface area contributed by atoms with E-state index in [2.05, 4.69) is 4.90 Å². The van der Waals surface area contributed by atoms with E-state index in [0.717, 1.165) is 18.5 Å². The predicted octanol–water partition coefficient (Wildman–Crippen LogP) is 2.63. The van der Waals surface area contributed by atoms with Gasteiger partial charge in [0.2, 0.25) is 10.0 Å². The average Bonchev–Trinajstić information content (AvgIpc) is 3.38. The van der Waals surface area contributed by atoms with Crippen LogP contribution in [-0.4, -0.2) is 75.4 Å². The summed E-state index contributed by atoms with van der Waals surface area (Å²) in [7, 11) is -3.82. The molecular formula is C23H26ClN3O5S. The lowest BCUT2D eigenvalue weighted by Gasteiger charge is -2.35. The minimum absolute atomic E-state index is 0.0297. The molecule has 2 aliphatic rings. The summed E-state index contributed by atoms with van der Waals surface area (Å²) in [5.74, 6) is -1.09. The first-order valence-corrected chi connectivity index (χ1v) is 12.7. The molecule has 2 saturated heterocycles. The van der Waals surface area contributed by atoms with Gasteiger partial charge in [0.25, 0.3) is 5.91 Å². The van der Waals surface area contributed by atoms with Gasteiger partial charge in [0.1, 0.15) is 0 Å². The summed E-state index contributed by atoms with van der Waals surface area (Å²) in [6.45, 7) is 2.68. The third-order valence-electron chi connectivity index (χ3n) is 5.94. The Morgan fingerprint density at radius 1 is 0.909 bits per heavy atom. The number of rotatable bonds is 6. The average molecular weight is 492 g/mol. The molecule has 2 aromatic rings. The van der Waals surface area contributed by atoms with Gasteiger partial charge < -0.3 is 14.5 Å². The Kier molecular flexibility index (Phi) is 7.21. The third-order valence-corrected chi connectivity index (χ3v) is 8.17. The Morgan fingerprint density at radius 2 is 1.58 bits per heavy atom. The summed E-state index contributed by atoms with van der Waals surface area (Å²) in [5.41, 5.74) is 0.976. The van der Waals surface area contributed by atoms with Crippen LogP contribution in [-0.2, 0) is 19.6 Å². The first kappa shape index (κ1) is 23.5. The van der Waals surface area contributed by atoms with Gasteiger partial charge in [0, 0.05) is 45.0 Å². The van der Waals surface area contributed by atoms with Crippen LogP contribution in [0.25, 0.3) is 0 Å². The number of carbonyl (C=O) groups is 2. The number of amides is 1. The van der Waals surface area contributed by atoms with Crippen LogP contribution in [0, 0.1) is 0 Å². The second-order valence-corrected chi connectivity index (χ2v) is 10.4. The van der Waals surface area contributed by atoms with Crippen LogP contribution in [0.2, 0.25) is 5.02 Å². The van der Waals surface area contributed by atoms with Crippen LogP contribution in [0.5, 0.6) is 0 Å². The predicted molar refractivity (Wildman–Crippen MR) is 125 cm³/mol. The van der Waals surface area contributed by atoms with Gasteiger partial charge in [-0.05, 0) is 43.2 Å². The highest BCUT2D eigenvalue weighted by Crippen LogP contribution is 2.25. The maximum atomic E-state index is 13.2. The van der Waals surface area contributed by atoms with Gasteiger partial charge >= 0.3 is 5.97 Å². The van der Waals surface area contributed by atoms with E-state index in [4.69, 9.17) is 16.3 Å². The Labute approximate surface area is 198 Å². The number of anilines is 1. The Hall–Kier alpha value is -2.62. The fourth-order valence-electron chi connectivity index (χ4n) is 4.06. The summed E-state index contributed by atoms with van der Waals surface area (Å²) < 4.78 is 33.0. The molecule has 0 atom stereocenters. The van der Waals surface area contributed by atoms with E-state index in [9.17, 15) is 18.0 Å². The largest absolute Gasteiger partial charge is 0.452 e. The monoisotopic (exact) mass is 491 g/mol. The molecule has 2 aromatic carbocycles. The van der Waals surface area contributed by atoms with Crippen molar-refractivity contribution < 1.29 is 22.7 Å². The number of carbonyl (C=O) groups excluding carboxylic acids is 2. The maximum absolute atomic E-state index is 13.2. The second kappa shape index (κ2) is 10.1. The molecule has 0 saturated carbocycles. The van der Waals surface area contributed by atoms with Gasteiger partial charge in [-0.2, -0.15) is 4.31 Å². The maximum Gasteiger partial charge on any atom is 0.340 e. The molecule has 0 bridgehead atoms. The number of benzene rings is 2. The number of hydrogen-bond donors (Lipinski definition) is 0. The molecule has 2 aliphatic heterocycles. The highest BCUT2D eigenvalue weighted by atomic mass is 35.5. The molecule has 1 amide bonds. The number of esters is 1. The Bertz CT molecular complexity index is 1110. The SMILES string of the molecule is O=C(OCC(=O)N1CCCC1)c1cc(S(=O)(=O)N2CCN(c3ccccc3)CC2)ccc1Cl. The summed E-state index contributed by atoms with van der Waals surface area (Å²) in [6.07, 6.45) is 1.87. The van der Waals surface area contributed by atoms with Crippen molar-refractivity contribution in [1.82, 2.24) is 9.21 Å². The quantitative estimate of drug-likeness (QED) is 0.577. The van der Waals surface area contributed by atoms with Gasteiger partial charge in [-0.1, -0.05) is 29.8 Å². The van der Waals surface area contributed by atoms with Crippen LogP contribution in [0.4, 0.5) is 5.69 Å². The van der Waals surface area contributed by atoms with E-state index < -0.39 is 22.6 Å². The van der Waals surface area contributed by atoms with Crippen molar-refractivity contribution in [2.75, 3.05) is 50.8 Å². The normalized spacial score (nSPS) is 17.2. The standard InChI is InChI=1S/C23H26ClN3O5S/c24-21-9-8-19(16-20(21)23(29)32-17-22(28)26-10-4-5-11-26)33(30,31)27-14-12-25(13-15-27)18-6-2-1-3-7-18/h1-3,6-9,16H,4-5,10-15,17H2. The molecule has 4 rings (SSSR count). The van der Waals surface area contributed by atoms with Gasteiger partial charge in [-0.25, -0.2) is 13.2 Å². The Morgan fingerprint density at radius 3 is 2.24 bits per heavy atom. The summed E-state index contributed by atoms with van der Waals surface area (Å²) in [6, 6.07) is 13.8. The lowest BCUT2D eigenvalue weighted by molar-refractivity contribution is -0.133. The van der Waals surface area contributed by atoms with Crippen molar-refractivity contribution in [1.29, 1.82) is 0 Å². The van der Waals surface area contributed by atoms with Crippen LogP contribution >= 0.6 is 11.6 Å². The van der Waals surface area contributed by atoms with Gasteiger partial charge in [0.05, 0.1) is 15.5 Å². The molecule has 2 fully saturated rings. The number of likely N-dealkylation sites (tertiary alicyclic amines) is 1. The number of hydrogen-bond acceptors (Lipinski definition) is 6. The molecule has 176 valence electrons. The van der Waals surface area contributed by atoms with E-state index in [-0.39, 0.29) is 21.4 Å². The molecule has 0 aliphatic carbocycles. The molecule has 0 unspecified atom stereocenters. The number of sulfonamides is 1. The minimum atomic E-state index is -3.82. The van der Waals surface area contributed by atoms with Crippen molar-refractivity contribution in [3.63, 3.8) is 0 Å². The lowest BCUT2D eigenvalue weighted by atomic mass is 10.2. The van der Waals surface area contributed by atoms with Crippen LogP contribution in [0.3, 0.4) is 0 Å². The summed E-state index contributed by atoms with van der Waals surface area (Å²) in [4.78, 5) is 28.4. The topological polar surface area (TPSA) is 87.2 Å². The number of para-hydroxylation sites is 1. The zero-order valence-electron chi connectivity index (χ0n) is 18.2. The molecule has 0 N–H and O–H groups in total. The zero-order valence-corrected chi connectivity index (χ0v) is 19.7. The summed E-state index contributed by atoms with van der Waals surface area (Å²) >= 11 is 6.15. The third kappa shape index (κ3) is 5.31. The van der Waals surface area contributed by atoms with Crippen molar-refractivity contribution in [3.8, 4) is 0 Å².